The fourth-order valence-electron chi connectivity index (χ4n) is 2.50. The summed E-state index contributed by atoms with van der Waals surface area (Å²) in [5.74, 6) is 0.0302. The molecule has 0 unspecified atom stereocenters. The zero-order chi connectivity index (χ0) is 16.1. The number of hydrogen-bond donors (Lipinski definition) is 2. The van der Waals surface area contributed by atoms with Crippen LogP contribution in [0.2, 0.25) is 0 Å². The molecule has 23 heavy (non-hydrogen) atoms. The van der Waals surface area contributed by atoms with Crippen LogP contribution in [0.1, 0.15) is 17.5 Å². The van der Waals surface area contributed by atoms with Crippen molar-refractivity contribution in [2.45, 2.75) is 19.8 Å². The third kappa shape index (κ3) is 4.07. The average molecular weight is 305 g/mol. The molecule has 0 bridgehead atoms. The van der Waals surface area contributed by atoms with Gasteiger partial charge in [-0.2, -0.15) is 5.10 Å². The van der Waals surface area contributed by atoms with Gasteiger partial charge in [-0.3, -0.25) is 9.89 Å². The Morgan fingerprint density at radius 3 is 2.65 bits per heavy atom. The number of H-pyrrole nitrogens is 1. The van der Waals surface area contributed by atoms with Crippen molar-refractivity contribution in [3.05, 3.63) is 72.1 Å². The summed E-state index contributed by atoms with van der Waals surface area (Å²) in [4.78, 5) is 12.1. The van der Waals surface area contributed by atoms with E-state index in [1.54, 1.807) is 6.20 Å². The van der Waals surface area contributed by atoms with Crippen molar-refractivity contribution in [3.8, 4) is 11.1 Å². The lowest BCUT2D eigenvalue weighted by atomic mass is 10.1. The predicted molar refractivity (Wildman–Crippen MR) is 92.2 cm³/mol. The van der Waals surface area contributed by atoms with Gasteiger partial charge in [0.1, 0.15) is 0 Å². The second-order valence-corrected chi connectivity index (χ2v) is 5.60. The smallest absolute Gasteiger partial charge is 0.224 e. The van der Waals surface area contributed by atoms with Crippen molar-refractivity contribution in [2.24, 2.45) is 0 Å². The van der Waals surface area contributed by atoms with Crippen LogP contribution in [0.3, 0.4) is 0 Å². The van der Waals surface area contributed by atoms with Crippen molar-refractivity contribution in [3.63, 3.8) is 0 Å². The minimum atomic E-state index is 0.0302. The molecule has 0 saturated heterocycles. The maximum absolute atomic E-state index is 12.1. The zero-order valence-corrected chi connectivity index (χ0v) is 13.0. The number of aromatic amines is 1. The number of aryl methyl sites for hydroxylation is 2. The number of hydrogen-bond acceptors (Lipinski definition) is 2. The summed E-state index contributed by atoms with van der Waals surface area (Å²) in [6.07, 6.45) is 4.85. The molecule has 4 nitrogen and oxygen atoms in total. The van der Waals surface area contributed by atoms with E-state index in [2.05, 4.69) is 40.6 Å². The first-order chi connectivity index (χ1) is 11.2. The minimum absolute atomic E-state index is 0.0302. The first-order valence-corrected chi connectivity index (χ1v) is 7.65. The molecule has 2 aromatic carbocycles. The van der Waals surface area contributed by atoms with Crippen molar-refractivity contribution < 1.29 is 4.79 Å². The maximum Gasteiger partial charge on any atom is 0.224 e. The van der Waals surface area contributed by atoms with Gasteiger partial charge in [0.05, 0.1) is 6.20 Å². The van der Waals surface area contributed by atoms with Crippen LogP contribution in [-0.4, -0.2) is 16.1 Å². The Hall–Kier alpha value is -2.88. The van der Waals surface area contributed by atoms with E-state index in [4.69, 9.17) is 0 Å². The lowest BCUT2D eigenvalue weighted by Gasteiger charge is -2.07. The van der Waals surface area contributed by atoms with Gasteiger partial charge in [0.25, 0.3) is 0 Å². The van der Waals surface area contributed by atoms with Crippen molar-refractivity contribution in [1.29, 1.82) is 0 Å². The van der Waals surface area contributed by atoms with E-state index in [0.717, 1.165) is 23.2 Å². The molecule has 0 spiro atoms. The topological polar surface area (TPSA) is 57.8 Å². The SMILES string of the molecule is Cc1cccc(CCC(=O)Nc2ccc(-c3cn[nH]c3)cc2)c1. The highest BCUT2D eigenvalue weighted by Crippen LogP contribution is 2.20. The summed E-state index contributed by atoms with van der Waals surface area (Å²) in [5, 5.41) is 9.66. The second-order valence-electron chi connectivity index (χ2n) is 5.60. The third-order valence-corrected chi connectivity index (χ3v) is 3.72. The number of carbonyl (C=O) groups is 1. The highest BCUT2D eigenvalue weighted by atomic mass is 16.1. The van der Waals surface area contributed by atoms with E-state index in [1.807, 2.05) is 36.5 Å². The molecule has 0 aliphatic heterocycles. The number of rotatable bonds is 5. The zero-order valence-electron chi connectivity index (χ0n) is 13.0. The van der Waals surface area contributed by atoms with Gasteiger partial charge in [-0.05, 0) is 36.6 Å². The molecule has 0 saturated carbocycles. The highest BCUT2D eigenvalue weighted by Gasteiger charge is 2.04. The quantitative estimate of drug-likeness (QED) is 0.749. The maximum atomic E-state index is 12.1. The molecule has 116 valence electrons. The molecular formula is C19H19N3O. The Balaban J connectivity index is 1.55. The first-order valence-electron chi connectivity index (χ1n) is 7.65. The van der Waals surface area contributed by atoms with Crippen molar-refractivity contribution in [2.75, 3.05) is 5.32 Å². The van der Waals surface area contributed by atoms with Gasteiger partial charge in [0.15, 0.2) is 0 Å². The first kappa shape index (κ1) is 15.0. The van der Waals surface area contributed by atoms with Gasteiger partial charge >= 0.3 is 0 Å². The molecule has 0 atom stereocenters. The van der Waals surface area contributed by atoms with E-state index in [0.29, 0.717) is 6.42 Å². The molecule has 3 aromatic rings. The summed E-state index contributed by atoms with van der Waals surface area (Å²) in [6, 6.07) is 16.0. The van der Waals surface area contributed by atoms with Crippen LogP contribution < -0.4 is 5.32 Å². The Morgan fingerprint density at radius 2 is 1.96 bits per heavy atom. The summed E-state index contributed by atoms with van der Waals surface area (Å²) >= 11 is 0. The van der Waals surface area contributed by atoms with Gasteiger partial charge in [-0.25, -0.2) is 0 Å². The van der Waals surface area contributed by atoms with Crippen LogP contribution in [0.25, 0.3) is 11.1 Å². The van der Waals surface area contributed by atoms with Gasteiger partial charge in [-0.15, -0.1) is 0 Å². The number of nitrogens with zero attached hydrogens (tertiary/aromatic N) is 1. The molecule has 0 aliphatic carbocycles. The lowest BCUT2D eigenvalue weighted by molar-refractivity contribution is -0.116. The molecule has 4 heteroatoms. The number of amides is 1. The molecule has 0 aliphatic rings. The highest BCUT2D eigenvalue weighted by molar-refractivity contribution is 5.91. The normalized spacial score (nSPS) is 10.5. The molecule has 3 rings (SSSR count). The Morgan fingerprint density at radius 1 is 1.13 bits per heavy atom. The largest absolute Gasteiger partial charge is 0.326 e. The number of anilines is 1. The molecule has 2 N–H and O–H groups in total. The van der Waals surface area contributed by atoms with E-state index >= 15 is 0 Å². The summed E-state index contributed by atoms with van der Waals surface area (Å²) < 4.78 is 0. The summed E-state index contributed by atoms with van der Waals surface area (Å²) in [7, 11) is 0. The van der Waals surface area contributed by atoms with Gasteiger partial charge in [0.2, 0.25) is 5.91 Å². The van der Waals surface area contributed by atoms with Crippen LogP contribution in [-0.2, 0) is 11.2 Å². The predicted octanol–water partition coefficient (Wildman–Crippen LogP) is 3.96. The van der Waals surface area contributed by atoms with E-state index in [1.165, 1.54) is 11.1 Å². The molecule has 1 amide bonds. The van der Waals surface area contributed by atoms with Gasteiger partial charge in [-0.1, -0.05) is 42.0 Å². The molecule has 0 radical (unpaired) electrons. The standard InChI is InChI=1S/C19H19N3O/c1-14-3-2-4-15(11-14)5-10-19(23)22-18-8-6-16(7-9-18)17-12-20-21-13-17/h2-4,6-9,11-13H,5,10H2,1H3,(H,20,21)(H,22,23). The van der Waals surface area contributed by atoms with Crippen LogP contribution >= 0.6 is 0 Å². The molecule has 1 heterocycles. The average Bonchev–Trinajstić information content (AvgIpc) is 3.08. The number of nitrogens with one attached hydrogen (secondary N) is 2. The van der Waals surface area contributed by atoms with Crippen LogP contribution in [0.4, 0.5) is 5.69 Å². The van der Waals surface area contributed by atoms with Crippen LogP contribution in [0.15, 0.2) is 60.9 Å². The third-order valence-electron chi connectivity index (χ3n) is 3.72. The Kier molecular flexibility index (Phi) is 4.52. The lowest BCUT2D eigenvalue weighted by Crippen LogP contribution is -2.12. The number of aromatic nitrogens is 2. The summed E-state index contributed by atoms with van der Waals surface area (Å²) in [5.41, 5.74) is 5.32. The molecular weight excluding hydrogens is 286 g/mol. The molecule has 0 fully saturated rings. The molecule has 1 aromatic heterocycles. The van der Waals surface area contributed by atoms with E-state index < -0.39 is 0 Å². The fourth-order valence-corrected chi connectivity index (χ4v) is 2.50. The monoisotopic (exact) mass is 305 g/mol. The fraction of sp³-hybridized carbons (Fsp3) is 0.158. The van der Waals surface area contributed by atoms with Crippen molar-refractivity contribution in [1.82, 2.24) is 10.2 Å². The van der Waals surface area contributed by atoms with Crippen LogP contribution in [0.5, 0.6) is 0 Å². The van der Waals surface area contributed by atoms with Crippen LogP contribution in [0, 0.1) is 6.92 Å². The van der Waals surface area contributed by atoms with Gasteiger partial charge in [0, 0.05) is 23.9 Å². The van der Waals surface area contributed by atoms with Gasteiger partial charge < -0.3 is 5.32 Å². The van der Waals surface area contributed by atoms with E-state index in [9.17, 15) is 4.79 Å². The second kappa shape index (κ2) is 6.92. The number of carbonyl (C=O) groups excluding carboxylic acids is 1. The minimum Gasteiger partial charge on any atom is -0.326 e. The Bertz CT molecular complexity index is 777. The van der Waals surface area contributed by atoms with E-state index in [-0.39, 0.29) is 5.91 Å². The Labute approximate surface area is 135 Å². The summed E-state index contributed by atoms with van der Waals surface area (Å²) in [6.45, 7) is 2.06. The van der Waals surface area contributed by atoms with Crippen molar-refractivity contribution >= 4 is 11.6 Å². The number of benzene rings is 2.